The Morgan fingerprint density at radius 2 is 1.83 bits per heavy atom. The second-order valence-electron chi connectivity index (χ2n) is 6.72. The Morgan fingerprint density at radius 3 is 2.22 bits per heavy atom. The van der Waals surface area contributed by atoms with Gasteiger partial charge in [-0.2, -0.15) is 0 Å². The third kappa shape index (κ3) is 4.26. The van der Waals surface area contributed by atoms with Gasteiger partial charge < -0.3 is 4.74 Å². The number of hydrogen-bond donors (Lipinski definition) is 0. The second kappa shape index (κ2) is 7.53. The van der Waals surface area contributed by atoms with Crippen LogP contribution in [0.4, 0.5) is 0 Å². The molecule has 0 aliphatic heterocycles. The molecule has 1 fully saturated rings. The first-order chi connectivity index (χ1) is 8.54. The topological polar surface area (TPSA) is 9.23 Å². The molecule has 18 heavy (non-hydrogen) atoms. The van der Waals surface area contributed by atoms with E-state index in [1.807, 2.05) is 0 Å². The van der Waals surface area contributed by atoms with E-state index in [0.717, 1.165) is 18.4 Å². The van der Waals surface area contributed by atoms with Gasteiger partial charge in [0.1, 0.15) is 0 Å². The molecule has 108 valence electrons. The molecule has 1 aliphatic rings. The Labute approximate surface area is 115 Å². The lowest BCUT2D eigenvalue weighted by Crippen LogP contribution is -2.41. The fraction of sp³-hybridized carbons (Fsp3) is 1.00. The molecule has 0 spiro atoms. The van der Waals surface area contributed by atoms with Crippen molar-refractivity contribution in [2.75, 3.05) is 6.61 Å². The average Bonchev–Trinajstić information content (AvgIpc) is 2.30. The van der Waals surface area contributed by atoms with Crippen molar-refractivity contribution in [3.05, 3.63) is 0 Å². The summed E-state index contributed by atoms with van der Waals surface area (Å²) in [7, 11) is 0. The Balaban J connectivity index is 2.47. The Bertz CT molecular complexity index is 220. The van der Waals surface area contributed by atoms with Gasteiger partial charge in [-0.15, -0.1) is 0 Å². The Hall–Kier alpha value is -0.0400. The quantitative estimate of drug-likeness (QED) is 0.533. The largest absolute Gasteiger partial charge is 0.375 e. The van der Waals surface area contributed by atoms with Gasteiger partial charge in [0.25, 0.3) is 0 Å². The van der Waals surface area contributed by atoms with Crippen molar-refractivity contribution in [1.29, 1.82) is 0 Å². The molecule has 1 saturated carbocycles. The van der Waals surface area contributed by atoms with Crippen LogP contribution in [0.5, 0.6) is 0 Å². The van der Waals surface area contributed by atoms with Crippen LogP contribution in [0, 0.1) is 17.8 Å². The van der Waals surface area contributed by atoms with Crippen molar-refractivity contribution in [2.45, 2.75) is 85.2 Å². The van der Waals surface area contributed by atoms with Gasteiger partial charge in [-0.25, -0.2) is 0 Å². The summed E-state index contributed by atoms with van der Waals surface area (Å²) in [6.45, 7) is 12.5. The van der Waals surface area contributed by atoms with Gasteiger partial charge in [0.05, 0.1) is 5.60 Å². The summed E-state index contributed by atoms with van der Waals surface area (Å²) in [6, 6.07) is 0. The molecule has 0 heterocycles. The van der Waals surface area contributed by atoms with Crippen LogP contribution in [-0.4, -0.2) is 12.2 Å². The zero-order valence-electron chi connectivity index (χ0n) is 13.3. The Kier molecular flexibility index (Phi) is 6.70. The first kappa shape index (κ1) is 16.0. The van der Waals surface area contributed by atoms with Crippen molar-refractivity contribution in [2.24, 2.45) is 17.8 Å². The fourth-order valence-corrected chi connectivity index (χ4v) is 2.97. The van der Waals surface area contributed by atoms with E-state index in [1.54, 1.807) is 0 Å². The van der Waals surface area contributed by atoms with E-state index in [4.69, 9.17) is 4.74 Å². The molecule has 0 aromatic rings. The highest BCUT2D eigenvalue weighted by atomic mass is 16.5. The highest BCUT2D eigenvalue weighted by Gasteiger charge is 2.37. The highest BCUT2D eigenvalue weighted by Crippen LogP contribution is 2.40. The molecule has 0 aromatic carbocycles. The molecule has 2 atom stereocenters. The van der Waals surface area contributed by atoms with Gasteiger partial charge in [-0.3, -0.25) is 0 Å². The summed E-state index contributed by atoms with van der Waals surface area (Å²) in [5, 5.41) is 0. The van der Waals surface area contributed by atoms with E-state index in [9.17, 15) is 0 Å². The maximum absolute atomic E-state index is 6.42. The molecule has 0 N–H and O–H groups in total. The lowest BCUT2D eigenvalue weighted by molar-refractivity contribution is -0.105. The summed E-state index contributed by atoms with van der Waals surface area (Å²) < 4.78 is 6.42. The maximum Gasteiger partial charge on any atom is 0.0705 e. The van der Waals surface area contributed by atoms with Crippen molar-refractivity contribution >= 4 is 0 Å². The minimum atomic E-state index is 0.151. The van der Waals surface area contributed by atoms with Crippen LogP contribution in [0.25, 0.3) is 0 Å². The van der Waals surface area contributed by atoms with E-state index in [1.165, 1.54) is 44.9 Å². The molecule has 0 radical (unpaired) electrons. The smallest absolute Gasteiger partial charge is 0.0705 e. The molecule has 1 nitrogen and oxygen atoms in total. The van der Waals surface area contributed by atoms with Crippen LogP contribution in [0.15, 0.2) is 0 Å². The van der Waals surface area contributed by atoms with E-state index in [2.05, 4.69) is 34.6 Å². The standard InChI is InChI=1S/C17H34O/c1-6-15(5)11-12-18-17(7-2,14(3)4)13-16-9-8-10-16/h14-16H,6-13H2,1-5H3. The van der Waals surface area contributed by atoms with Crippen LogP contribution in [-0.2, 0) is 4.74 Å². The van der Waals surface area contributed by atoms with E-state index in [-0.39, 0.29) is 5.60 Å². The first-order valence-electron chi connectivity index (χ1n) is 8.18. The van der Waals surface area contributed by atoms with Crippen molar-refractivity contribution in [3.8, 4) is 0 Å². The van der Waals surface area contributed by atoms with Gasteiger partial charge in [0, 0.05) is 6.61 Å². The predicted molar refractivity (Wildman–Crippen MR) is 79.8 cm³/mol. The molecule has 0 amide bonds. The van der Waals surface area contributed by atoms with Crippen molar-refractivity contribution < 1.29 is 4.74 Å². The predicted octanol–water partition coefficient (Wildman–Crippen LogP) is 5.43. The van der Waals surface area contributed by atoms with E-state index >= 15 is 0 Å². The minimum Gasteiger partial charge on any atom is -0.375 e. The number of hydrogen-bond acceptors (Lipinski definition) is 1. The third-order valence-corrected chi connectivity index (χ3v) is 5.21. The molecular weight excluding hydrogens is 220 g/mol. The van der Waals surface area contributed by atoms with E-state index in [0.29, 0.717) is 5.92 Å². The first-order valence-corrected chi connectivity index (χ1v) is 8.18. The number of ether oxygens (including phenoxy) is 1. The summed E-state index contributed by atoms with van der Waals surface area (Å²) in [4.78, 5) is 0. The fourth-order valence-electron chi connectivity index (χ4n) is 2.97. The molecule has 2 unspecified atom stereocenters. The number of rotatable bonds is 9. The van der Waals surface area contributed by atoms with Crippen molar-refractivity contribution in [3.63, 3.8) is 0 Å². The van der Waals surface area contributed by atoms with E-state index < -0.39 is 0 Å². The molecule has 0 bridgehead atoms. The summed E-state index contributed by atoms with van der Waals surface area (Å²) >= 11 is 0. The molecule has 0 saturated heterocycles. The van der Waals surface area contributed by atoms with Gasteiger partial charge in [-0.05, 0) is 37.0 Å². The minimum absolute atomic E-state index is 0.151. The van der Waals surface area contributed by atoms with Crippen LogP contribution in [0.2, 0.25) is 0 Å². The highest BCUT2D eigenvalue weighted by molar-refractivity contribution is 4.88. The van der Waals surface area contributed by atoms with Crippen LogP contribution in [0.3, 0.4) is 0 Å². The SMILES string of the molecule is CCC(C)CCOC(CC)(CC1CCC1)C(C)C. The molecule has 1 aliphatic carbocycles. The summed E-state index contributed by atoms with van der Waals surface area (Å²) in [5.41, 5.74) is 0.151. The zero-order valence-corrected chi connectivity index (χ0v) is 13.3. The third-order valence-electron chi connectivity index (χ3n) is 5.21. The van der Waals surface area contributed by atoms with Crippen LogP contribution >= 0.6 is 0 Å². The zero-order chi connectivity index (χ0) is 13.6. The summed E-state index contributed by atoms with van der Waals surface area (Å²) in [5.74, 6) is 2.38. The lowest BCUT2D eigenvalue weighted by atomic mass is 9.72. The van der Waals surface area contributed by atoms with Gasteiger partial charge in [-0.1, -0.05) is 60.3 Å². The lowest BCUT2D eigenvalue weighted by Gasteiger charge is -2.42. The van der Waals surface area contributed by atoms with Gasteiger partial charge >= 0.3 is 0 Å². The monoisotopic (exact) mass is 254 g/mol. The molecule has 1 heteroatoms. The maximum atomic E-state index is 6.42. The second-order valence-corrected chi connectivity index (χ2v) is 6.72. The van der Waals surface area contributed by atoms with Crippen molar-refractivity contribution in [1.82, 2.24) is 0 Å². The van der Waals surface area contributed by atoms with Gasteiger partial charge in [0.15, 0.2) is 0 Å². The Morgan fingerprint density at radius 1 is 1.17 bits per heavy atom. The van der Waals surface area contributed by atoms with Crippen LogP contribution < -0.4 is 0 Å². The van der Waals surface area contributed by atoms with Gasteiger partial charge in [0.2, 0.25) is 0 Å². The summed E-state index contributed by atoms with van der Waals surface area (Å²) in [6.07, 6.45) is 9.26. The average molecular weight is 254 g/mol. The normalized spacial score (nSPS) is 21.7. The van der Waals surface area contributed by atoms with Crippen LogP contribution in [0.1, 0.15) is 79.6 Å². The molecule has 1 rings (SSSR count). The molecular formula is C17H34O. The molecule has 0 aromatic heterocycles.